The maximum Gasteiger partial charge on any atom is 0.191 e. The molecule has 126 valence electrons. The van der Waals surface area contributed by atoms with E-state index in [4.69, 9.17) is 4.42 Å². The molecule has 1 aromatic carbocycles. The highest BCUT2D eigenvalue weighted by molar-refractivity contribution is 7.98. The Morgan fingerprint density at radius 1 is 1.20 bits per heavy atom. The van der Waals surface area contributed by atoms with Gasteiger partial charge in [0.15, 0.2) is 5.16 Å². The van der Waals surface area contributed by atoms with E-state index in [2.05, 4.69) is 15.2 Å². The number of thioether (sulfide) groups is 1. The molecule has 0 spiro atoms. The molecule has 25 heavy (non-hydrogen) atoms. The van der Waals surface area contributed by atoms with Crippen LogP contribution in [0.5, 0.6) is 0 Å². The summed E-state index contributed by atoms with van der Waals surface area (Å²) in [5.74, 6) is 1.30. The van der Waals surface area contributed by atoms with Crippen LogP contribution in [0.1, 0.15) is 11.5 Å². The molecular formula is C17H13FN4OS2. The van der Waals surface area contributed by atoms with Gasteiger partial charge in [0.05, 0.1) is 18.5 Å². The van der Waals surface area contributed by atoms with Gasteiger partial charge in [0, 0.05) is 16.7 Å². The van der Waals surface area contributed by atoms with Crippen LogP contribution in [0.2, 0.25) is 0 Å². The Bertz CT molecular complexity index is 947. The van der Waals surface area contributed by atoms with Crippen molar-refractivity contribution >= 4 is 23.1 Å². The predicted molar refractivity (Wildman–Crippen MR) is 94.9 cm³/mol. The number of hydrogen-bond donors (Lipinski definition) is 0. The number of furan rings is 1. The lowest BCUT2D eigenvalue weighted by Crippen LogP contribution is -1.99. The summed E-state index contributed by atoms with van der Waals surface area (Å²) in [7, 11) is 0. The zero-order valence-corrected chi connectivity index (χ0v) is 14.6. The van der Waals surface area contributed by atoms with Gasteiger partial charge in [-0.3, -0.25) is 0 Å². The normalized spacial score (nSPS) is 11.1. The lowest BCUT2D eigenvalue weighted by atomic mass is 10.2. The van der Waals surface area contributed by atoms with Crippen LogP contribution in [0.3, 0.4) is 0 Å². The molecule has 3 aromatic heterocycles. The Morgan fingerprint density at radius 2 is 2.08 bits per heavy atom. The van der Waals surface area contributed by atoms with Gasteiger partial charge in [-0.1, -0.05) is 11.8 Å². The van der Waals surface area contributed by atoms with E-state index in [-0.39, 0.29) is 5.82 Å². The molecule has 3 heterocycles. The maximum absolute atomic E-state index is 13.0. The Labute approximate surface area is 151 Å². The fourth-order valence-electron chi connectivity index (χ4n) is 2.27. The summed E-state index contributed by atoms with van der Waals surface area (Å²) in [5.41, 5.74) is 1.88. The van der Waals surface area contributed by atoms with Gasteiger partial charge >= 0.3 is 0 Å². The molecule has 8 heteroatoms. The van der Waals surface area contributed by atoms with Gasteiger partial charge < -0.3 is 8.98 Å². The van der Waals surface area contributed by atoms with Crippen molar-refractivity contribution in [2.45, 2.75) is 17.5 Å². The number of aromatic nitrogens is 4. The van der Waals surface area contributed by atoms with E-state index in [9.17, 15) is 4.39 Å². The smallest absolute Gasteiger partial charge is 0.191 e. The second-order valence-electron chi connectivity index (χ2n) is 5.26. The van der Waals surface area contributed by atoms with E-state index < -0.39 is 0 Å². The molecule has 0 aliphatic carbocycles. The van der Waals surface area contributed by atoms with Crippen molar-refractivity contribution in [1.29, 1.82) is 0 Å². The highest BCUT2D eigenvalue weighted by atomic mass is 32.2. The average Bonchev–Trinajstić information content (AvgIpc) is 3.36. The Kier molecular flexibility index (Phi) is 4.62. The second kappa shape index (κ2) is 7.20. The van der Waals surface area contributed by atoms with Crippen molar-refractivity contribution in [1.82, 2.24) is 19.7 Å². The van der Waals surface area contributed by atoms with Crippen molar-refractivity contribution in [3.63, 3.8) is 0 Å². The molecule has 0 N–H and O–H groups in total. The Morgan fingerprint density at radius 3 is 2.88 bits per heavy atom. The van der Waals surface area contributed by atoms with E-state index in [0.717, 1.165) is 27.2 Å². The molecule has 0 amide bonds. The molecule has 0 bridgehead atoms. The zero-order valence-electron chi connectivity index (χ0n) is 13.0. The van der Waals surface area contributed by atoms with Gasteiger partial charge in [-0.15, -0.1) is 21.5 Å². The molecule has 0 saturated heterocycles. The summed E-state index contributed by atoms with van der Waals surface area (Å²) in [6.45, 7) is 0.597. The summed E-state index contributed by atoms with van der Waals surface area (Å²) < 4.78 is 20.3. The van der Waals surface area contributed by atoms with Crippen molar-refractivity contribution in [2.24, 2.45) is 0 Å². The maximum atomic E-state index is 13.0. The van der Waals surface area contributed by atoms with E-state index in [1.165, 1.54) is 12.1 Å². The van der Waals surface area contributed by atoms with Gasteiger partial charge in [-0.05, 0) is 36.4 Å². The van der Waals surface area contributed by atoms with Crippen molar-refractivity contribution in [3.8, 4) is 10.6 Å². The zero-order chi connectivity index (χ0) is 17.1. The third-order valence-corrected chi connectivity index (χ3v) is 5.43. The lowest BCUT2D eigenvalue weighted by molar-refractivity contribution is 0.484. The number of halogens is 1. The monoisotopic (exact) mass is 372 g/mol. The van der Waals surface area contributed by atoms with Crippen LogP contribution >= 0.6 is 23.1 Å². The van der Waals surface area contributed by atoms with E-state index in [1.807, 2.05) is 22.1 Å². The number of thiazole rings is 1. The molecule has 4 rings (SSSR count). The summed E-state index contributed by atoms with van der Waals surface area (Å²) >= 11 is 3.12. The highest BCUT2D eigenvalue weighted by Crippen LogP contribution is 2.27. The van der Waals surface area contributed by atoms with Gasteiger partial charge in [-0.25, -0.2) is 9.37 Å². The molecule has 4 aromatic rings. The highest BCUT2D eigenvalue weighted by Gasteiger charge is 2.10. The molecule has 0 saturated carbocycles. The van der Waals surface area contributed by atoms with Crippen LogP contribution in [0, 0.1) is 5.82 Å². The Balaban J connectivity index is 1.42. The first-order valence-corrected chi connectivity index (χ1v) is 9.38. The number of rotatable bonds is 6. The van der Waals surface area contributed by atoms with Crippen molar-refractivity contribution in [2.75, 3.05) is 0 Å². The lowest BCUT2D eigenvalue weighted by Gasteiger charge is -2.03. The SMILES string of the molecule is Fc1ccc(-c2nc(CSc3nncn3Cc3ccco3)cs2)cc1. The third-order valence-electron chi connectivity index (χ3n) is 3.48. The molecule has 0 aliphatic heterocycles. The minimum Gasteiger partial charge on any atom is -0.467 e. The molecule has 0 radical (unpaired) electrons. The first-order chi connectivity index (χ1) is 12.3. The topological polar surface area (TPSA) is 56.7 Å². The number of nitrogens with zero attached hydrogens (tertiary/aromatic N) is 4. The molecule has 0 atom stereocenters. The first-order valence-electron chi connectivity index (χ1n) is 7.51. The second-order valence-corrected chi connectivity index (χ2v) is 7.06. The molecule has 0 aliphatic rings. The molecule has 0 fully saturated rings. The molecular weight excluding hydrogens is 359 g/mol. The fourth-order valence-corrected chi connectivity index (χ4v) is 4.01. The average molecular weight is 372 g/mol. The van der Waals surface area contributed by atoms with E-state index in [1.54, 1.807) is 47.8 Å². The van der Waals surface area contributed by atoms with Crippen LogP contribution < -0.4 is 0 Å². The van der Waals surface area contributed by atoms with Gasteiger partial charge in [0.1, 0.15) is 22.9 Å². The van der Waals surface area contributed by atoms with Crippen molar-refractivity contribution in [3.05, 3.63) is 71.6 Å². The van der Waals surface area contributed by atoms with Crippen molar-refractivity contribution < 1.29 is 8.81 Å². The van der Waals surface area contributed by atoms with Crippen LogP contribution in [-0.4, -0.2) is 19.7 Å². The minimum atomic E-state index is -0.244. The van der Waals surface area contributed by atoms with Crippen LogP contribution in [0.4, 0.5) is 4.39 Å². The largest absolute Gasteiger partial charge is 0.467 e. The predicted octanol–water partition coefficient (Wildman–Crippen LogP) is 4.47. The minimum absolute atomic E-state index is 0.244. The molecule has 5 nitrogen and oxygen atoms in total. The fraction of sp³-hybridized carbons (Fsp3) is 0.118. The summed E-state index contributed by atoms with van der Waals surface area (Å²) in [5, 5.41) is 11.8. The number of benzene rings is 1. The summed E-state index contributed by atoms with van der Waals surface area (Å²) in [6, 6.07) is 10.2. The van der Waals surface area contributed by atoms with Gasteiger partial charge in [-0.2, -0.15) is 0 Å². The standard InChI is InChI=1S/C17H13FN4OS2/c18-13-5-3-12(4-6-13)16-20-14(9-24-16)10-25-17-21-19-11-22(17)8-15-2-1-7-23-15/h1-7,9,11H,8,10H2. The van der Waals surface area contributed by atoms with Crippen LogP contribution in [0.25, 0.3) is 10.6 Å². The van der Waals surface area contributed by atoms with Crippen LogP contribution in [0.15, 0.2) is 63.9 Å². The molecule has 0 unspecified atom stereocenters. The summed E-state index contributed by atoms with van der Waals surface area (Å²) in [6.07, 6.45) is 3.34. The summed E-state index contributed by atoms with van der Waals surface area (Å²) in [4.78, 5) is 4.61. The van der Waals surface area contributed by atoms with Gasteiger partial charge in [0.2, 0.25) is 0 Å². The van der Waals surface area contributed by atoms with E-state index in [0.29, 0.717) is 12.3 Å². The van der Waals surface area contributed by atoms with E-state index >= 15 is 0 Å². The van der Waals surface area contributed by atoms with Crippen LogP contribution in [-0.2, 0) is 12.3 Å². The Hall–Kier alpha value is -2.45. The third kappa shape index (κ3) is 3.80. The first kappa shape index (κ1) is 16.0. The number of hydrogen-bond acceptors (Lipinski definition) is 6. The van der Waals surface area contributed by atoms with Gasteiger partial charge in [0.25, 0.3) is 0 Å². The quantitative estimate of drug-likeness (QED) is 0.467.